The molecule has 0 unspecified atom stereocenters. The van der Waals surface area contributed by atoms with Gasteiger partial charge in [-0.3, -0.25) is 9.52 Å². The number of amides is 1. The Bertz CT molecular complexity index is 829. The minimum absolute atomic E-state index is 0.162. The van der Waals surface area contributed by atoms with Gasteiger partial charge in [0, 0.05) is 12.6 Å². The van der Waals surface area contributed by atoms with E-state index in [1.807, 2.05) is 19.1 Å². The van der Waals surface area contributed by atoms with E-state index in [0.29, 0.717) is 16.9 Å². The van der Waals surface area contributed by atoms with Gasteiger partial charge < -0.3 is 5.32 Å². The zero-order chi connectivity index (χ0) is 17.0. The van der Waals surface area contributed by atoms with Crippen LogP contribution in [0.3, 0.4) is 0 Å². The van der Waals surface area contributed by atoms with Crippen molar-refractivity contribution in [3.8, 4) is 0 Å². The third kappa shape index (κ3) is 4.10. The van der Waals surface area contributed by atoms with Gasteiger partial charge in [0.15, 0.2) is 0 Å². The molecule has 0 saturated heterocycles. The van der Waals surface area contributed by atoms with Crippen molar-refractivity contribution in [2.24, 2.45) is 0 Å². The van der Waals surface area contributed by atoms with Gasteiger partial charge in [-0.25, -0.2) is 8.42 Å². The van der Waals surface area contributed by atoms with Crippen LogP contribution in [0.1, 0.15) is 25.0 Å². The molecule has 2 rings (SSSR count). The predicted molar refractivity (Wildman–Crippen MR) is 92.1 cm³/mol. The van der Waals surface area contributed by atoms with Crippen LogP contribution in [0.25, 0.3) is 0 Å². The number of carbonyl (C=O) groups is 1. The number of hydrogen-bond donors (Lipinski definition) is 2. The van der Waals surface area contributed by atoms with Gasteiger partial charge >= 0.3 is 0 Å². The van der Waals surface area contributed by atoms with Gasteiger partial charge in [-0.15, -0.1) is 0 Å². The molecule has 0 aliphatic rings. The molecule has 0 atom stereocenters. The van der Waals surface area contributed by atoms with Crippen molar-refractivity contribution in [1.82, 2.24) is 0 Å². The fourth-order valence-corrected chi connectivity index (χ4v) is 3.45. The van der Waals surface area contributed by atoms with Crippen LogP contribution in [-0.4, -0.2) is 14.3 Å². The Morgan fingerprint density at radius 1 is 1.09 bits per heavy atom. The normalized spacial score (nSPS) is 11.1. The maximum Gasteiger partial charge on any atom is 0.261 e. The van der Waals surface area contributed by atoms with Crippen molar-refractivity contribution in [2.75, 3.05) is 10.0 Å². The summed E-state index contributed by atoms with van der Waals surface area (Å²) < 4.78 is 27.7. The Balaban J connectivity index is 2.33. The molecule has 1 amide bonds. The third-order valence-corrected chi connectivity index (χ3v) is 4.82. The molecule has 122 valence electrons. The summed E-state index contributed by atoms with van der Waals surface area (Å²) >= 11 is 0. The molecule has 23 heavy (non-hydrogen) atoms. The molecule has 2 N–H and O–H groups in total. The number of sulfonamides is 1. The molecule has 0 saturated carbocycles. The fraction of sp³-hybridized carbons (Fsp3) is 0.235. The Labute approximate surface area is 136 Å². The topological polar surface area (TPSA) is 75.3 Å². The summed E-state index contributed by atoms with van der Waals surface area (Å²) in [5, 5.41) is 2.67. The smallest absolute Gasteiger partial charge is 0.261 e. The molecule has 6 heteroatoms. The van der Waals surface area contributed by atoms with Crippen molar-refractivity contribution in [3.05, 3.63) is 53.6 Å². The van der Waals surface area contributed by atoms with E-state index in [0.717, 1.165) is 12.0 Å². The van der Waals surface area contributed by atoms with Crippen LogP contribution >= 0.6 is 0 Å². The average Bonchev–Trinajstić information content (AvgIpc) is 2.49. The Morgan fingerprint density at radius 3 is 2.39 bits per heavy atom. The number of anilines is 2. The van der Waals surface area contributed by atoms with Crippen molar-refractivity contribution in [3.63, 3.8) is 0 Å². The highest BCUT2D eigenvalue weighted by molar-refractivity contribution is 7.92. The summed E-state index contributed by atoms with van der Waals surface area (Å²) in [7, 11) is -3.68. The SMILES string of the molecule is CCc1ccccc1NS(=O)(=O)c1ccc(NC(C)=O)c(C)c1. The molecule has 0 fully saturated rings. The predicted octanol–water partition coefficient (Wildman–Crippen LogP) is 3.32. The second-order valence-corrected chi connectivity index (χ2v) is 6.96. The number of rotatable bonds is 5. The standard InChI is InChI=1S/C17H20N2O3S/c1-4-14-7-5-6-8-17(14)19-23(21,22)15-9-10-16(12(2)11-15)18-13(3)20/h5-11,19H,4H2,1-3H3,(H,18,20). The van der Waals surface area contributed by atoms with Gasteiger partial charge in [-0.1, -0.05) is 25.1 Å². The monoisotopic (exact) mass is 332 g/mol. The van der Waals surface area contributed by atoms with E-state index < -0.39 is 10.0 Å². The highest BCUT2D eigenvalue weighted by Crippen LogP contribution is 2.23. The minimum Gasteiger partial charge on any atom is -0.326 e. The lowest BCUT2D eigenvalue weighted by Crippen LogP contribution is -2.15. The number of nitrogens with one attached hydrogen (secondary N) is 2. The average molecular weight is 332 g/mol. The van der Waals surface area contributed by atoms with Crippen LogP contribution in [0.15, 0.2) is 47.4 Å². The maximum absolute atomic E-state index is 12.6. The molecule has 2 aromatic rings. The van der Waals surface area contributed by atoms with Crippen LogP contribution in [0.2, 0.25) is 0 Å². The van der Waals surface area contributed by atoms with Crippen LogP contribution in [0, 0.1) is 6.92 Å². The van der Waals surface area contributed by atoms with Crippen LogP contribution in [0.5, 0.6) is 0 Å². The molecule has 0 aliphatic heterocycles. The number of hydrogen-bond acceptors (Lipinski definition) is 3. The van der Waals surface area contributed by atoms with Crippen molar-refractivity contribution < 1.29 is 13.2 Å². The first-order valence-electron chi connectivity index (χ1n) is 7.32. The highest BCUT2D eigenvalue weighted by Gasteiger charge is 2.16. The van der Waals surface area contributed by atoms with Crippen LogP contribution in [0.4, 0.5) is 11.4 Å². The molecule has 0 aromatic heterocycles. The molecule has 0 spiro atoms. The van der Waals surface area contributed by atoms with E-state index >= 15 is 0 Å². The Morgan fingerprint density at radius 2 is 1.78 bits per heavy atom. The Kier molecular flexibility index (Phi) is 5.05. The summed E-state index contributed by atoms with van der Waals surface area (Å²) in [6.45, 7) is 5.14. The number of carbonyl (C=O) groups excluding carboxylic acids is 1. The molecule has 0 radical (unpaired) electrons. The van der Waals surface area contributed by atoms with E-state index in [1.165, 1.54) is 13.0 Å². The van der Waals surface area contributed by atoms with Gasteiger partial charge in [0.25, 0.3) is 10.0 Å². The summed E-state index contributed by atoms with van der Waals surface area (Å²) in [5.74, 6) is -0.196. The van der Waals surface area contributed by atoms with E-state index in [1.54, 1.807) is 31.2 Å². The van der Waals surface area contributed by atoms with Crippen molar-refractivity contribution in [2.45, 2.75) is 32.1 Å². The summed E-state index contributed by atoms with van der Waals surface area (Å²) in [5.41, 5.74) is 2.80. The quantitative estimate of drug-likeness (QED) is 0.882. The molecule has 0 bridgehead atoms. The zero-order valence-corrected chi connectivity index (χ0v) is 14.2. The summed E-state index contributed by atoms with van der Waals surface area (Å²) in [6.07, 6.45) is 0.735. The lowest BCUT2D eigenvalue weighted by molar-refractivity contribution is -0.114. The minimum atomic E-state index is -3.68. The molecule has 5 nitrogen and oxygen atoms in total. The lowest BCUT2D eigenvalue weighted by atomic mass is 10.1. The molecular formula is C17H20N2O3S. The maximum atomic E-state index is 12.6. The van der Waals surface area contributed by atoms with Crippen molar-refractivity contribution >= 4 is 27.3 Å². The second-order valence-electron chi connectivity index (χ2n) is 5.27. The number of benzene rings is 2. The van der Waals surface area contributed by atoms with E-state index in [2.05, 4.69) is 10.0 Å². The van der Waals surface area contributed by atoms with E-state index in [9.17, 15) is 13.2 Å². The van der Waals surface area contributed by atoms with Gasteiger partial charge in [-0.05, 0) is 48.7 Å². The lowest BCUT2D eigenvalue weighted by Gasteiger charge is -2.13. The first-order chi connectivity index (χ1) is 10.8. The molecule has 0 aliphatic carbocycles. The molecule has 2 aromatic carbocycles. The number of para-hydroxylation sites is 1. The van der Waals surface area contributed by atoms with E-state index in [-0.39, 0.29) is 10.8 Å². The largest absolute Gasteiger partial charge is 0.326 e. The molecule has 0 heterocycles. The van der Waals surface area contributed by atoms with Crippen LogP contribution in [-0.2, 0) is 21.2 Å². The van der Waals surface area contributed by atoms with Crippen molar-refractivity contribution in [1.29, 1.82) is 0 Å². The highest BCUT2D eigenvalue weighted by atomic mass is 32.2. The van der Waals surface area contributed by atoms with Gasteiger partial charge in [0.2, 0.25) is 5.91 Å². The van der Waals surface area contributed by atoms with Gasteiger partial charge in [0.1, 0.15) is 0 Å². The Hall–Kier alpha value is -2.34. The third-order valence-electron chi connectivity index (χ3n) is 3.46. The second kappa shape index (κ2) is 6.83. The fourth-order valence-electron chi connectivity index (χ4n) is 2.27. The summed E-state index contributed by atoms with van der Waals surface area (Å²) in [6, 6.07) is 11.9. The van der Waals surface area contributed by atoms with Gasteiger partial charge in [0.05, 0.1) is 10.6 Å². The summed E-state index contributed by atoms with van der Waals surface area (Å²) in [4.78, 5) is 11.3. The number of aryl methyl sites for hydroxylation is 2. The first kappa shape index (κ1) is 17.0. The zero-order valence-electron chi connectivity index (χ0n) is 13.4. The molecular weight excluding hydrogens is 312 g/mol. The van der Waals surface area contributed by atoms with E-state index in [4.69, 9.17) is 0 Å². The first-order valence-corrected chi connectivity index (χ1v) is 8.80. The van der Waals surface area contributed by atoms with Gasteiger partial charge in [-0.2, -0.15) is 0 Å². The van der Waals surface area contributed by atoms with Crippen LogP contribution < -0.4 is 10.0 Å².